The number of fused-ring (bicyclic) bond motifs is 2. The summed E-state index contributed by atoms with van der Waals surface area (Å²) in [4.78, 5) is 44.9. The number of likely N-dealkylation sites (tertiary alicyclic amines) is 1. The average molecular weight is 1010 g/mol. The molecule has 0 spiro atoms. The van der Waals surface area contributed by atoms with Crippen molar-refractivity contribution < 1.29 is 23.1 Å². The number of amides is 2. The first-order valence-corrected chi connectivity index (χ1v) is 26.6. The van der Waals surface area contributed by atoms with E-state index in [0.717, 1.165) is 104 Å². The molecule has 3 aromatic heterocycles. The quantitative estimate of drug-likeness (QED) is 0.135. The Morgan fingerprint density at radius 1 is 0.946 bits per heavy atom. The Bertz CT molecular complexity index is 2960. The zero-order valence-electron chi connectivity index (χ0n) is 44.8. The van der Waals surface area contributed by atoms with Crippen molar-refractivity contribution in [3.63, 3.8) is 0 Å². The minimum atomic E-state index is -2.66. The van der Waals surface area contributed by atoms with E-state index >= 15 is 0 Å². The Morgan fingerprint density at radius 3 is 2.28 bits per heavy atom. The molecule has 0 bridgehead atoms. The van der Waals surface area contributed by atoms with Gasteiger partial charge in [0.15, 0.2) is 5.82 Å². The molecule has 1 saturated carbocycles. The molecule has 5 aromatic rings. The van der Waals surface area contributed by atoms with Gasteiger partial charge in [0, 0.05) is 130 Å². The van der Waals surface area contributed by atoms with Gasteiger partial charge in [0.25, 0.3) is 12.3 Å². The highest BCUT2D eigenvalue weighted by atomic mass is 19.3. The molecule has 3 fully saturated rings. The largest absolute Gasteiger partial charge is 0.489 e. The molecule has 17 heteroatoms. The fourth-order valence-electron chi connectivity index (χ4n) is 13.6. The van der Waals surface area contributed by atoms with E-state index in [9.17, 15) is 23.6 Å². The number of benzene rings is 2. The van der Waals surface area contributed by atoms with Crippen molar-refractivity contribution in [3.05, 3.63) is 93.7 Å². The first-order chi connectivity index (χ1) is 35.2. The van der Waals surface area contributed by atoms with Gasteiger partial charge in [-0.3, -0.25) is 19.0 Å². The summed E-state index contributed by atoms with van der Waals surface area (Å²) in [5.74, 6) is 3.26. The van der Waals surface area contributed by atoms with Gasteiger partial charge in [-0.25, -0.2) is 18.7 Å². The molecule has 2 saturated heterocycles. The monoisotopic (exact) mass is 1010 g/mol. The van der Waals surface area contributed by atoms with Crippen molar-refractivity contribution in [2.45, 2.75) is 126 Å². The molecule has 74 heavy (non-hydrogen) atoms. The van der Waals surface area contributed by atoms with Gasteiger partial charge >= 0.3 is 0 Å². The Hall–Kier alpha value is -6.41. The number of hydrogen-bond acceptors (Lipinski definition) is 11. The molecule has 4 aliphatic heterocycles. The SMILES string of the molecule is CC(=O)N1CCc2c(c(N3CCCc4cc(-c5cnn(C)c5)c(C(F)F)cc43)nn2C2CCN(CC3[C@H](C)CN(c4ncc(C(=O)NC5C(C)(C)C(Oc6ccc(C#N)c(C)c6C)C5(C)C)cn4)C[C@@H]3C)CC2)C1. The van der Waals surface area contributed by atoms with E-state index in [1.165, 1.54) is 0 Å². The zero-order valence-corrected chi connectivity index (χ0v) is 44.8. The molecular formula is C57H72F2N12O3. The molecule has 1 aliphatic carbocycles. The van der Waals surface area contributed by atoms with Crippen LogP contribution in [0.3, 0.4) is 0 Å². The van der Waals surface area contributed by atoms with Crippen LogP contribution in [-0.4, -0.2) is 109 Å². The van der Waals surface area contributed by atoms with Crippen LogP contribution in [0.1, 0.15) is 130 Å². The molecule has 1 unspecified atom stereocenters. The summed E-state index contributed by atoms with van der Waals surface area (Å²) < 4.78 is 40.2. The second kappa shape index (κ2) is 19.7. The van der Waals surface area contributed by atoms with Crippen LogP contribution in [0.25, 0.3) is 11.1 Å². The molecule has 5 aliphatic rings. The molecule has 10 rings (SSSR count). The molecule has 15 nitrogen and oxygen atoms in total. The molecule has 7 heterocycles. The van der Waals surface area contributed by atoms with E-state index in [1.807, 2.05) is 30.9 Å². The molecule has 2 aromatic carbocycles. The predicted octanol–water partition coefficient (Wildman–Crippen LogP) is 9.15. The number of piperidine rings is 2. The van der Waals surface area contributed by atoms with Gasteiger partial charge in [-0.05, 0) is 104 Å². The topological polar surface area (TPSA) is 154 Å². The predicted molar refractivity (Wildman–Crippen MR) is 281 cm³/mol. The van der Waals surface area contributed by atoms with Crippen molar-refractivity contribution in [1.82, 2.24) is 44.6 Å². The number of nitriles is 1. The second-order valence-electron chi connectivity index (χ2n) is 23.3. The Labute approximate surface area is 434 Å². The van der Waals surface area contributed by atoms with E-state index < -0.39 is 6.43 Å². The zero-order chi connectivity index (χ0) is 52.5. The van der Waals surface area contributed by atoms with Crippen LogP contribution < -0.4 is 19.9 Å². The molecule has 392 valence electrons. The summed E-state index contributed by atoms with van der Waals surface area (Å²) in [7, 11) is 1.79. The number of aryl methyl sites for hydroxylation is 2. The lowest BCUT2D eigenvalue weighted by Crippen LogP contribution is -2.74. The number of alkyl halides is 2. The summed E-state index contributed by atoms with van der Waals surface area (Å²) in [5, 5.41) is 22.4. The first-order valence-electron chi connectivity index (χ1n) is 26.6. The van der Waals surface area contributed by atoms with Crippen LogP contribution in [-0.2, 0) is 31.2 Å². The highest BCUT2D eigenvalue weighted by Gasteiger charge is 2.64. The number of carbonyl (C=O) groups excluding carboxylic acids is 2. The van der Waals surface area contributed by atoms with Gasteiger partial charge < -0.3 is 29.7 Å². The highest BCUT2D eigenvalue weighted by Crippen LogP contribution is 2.56. The lowest BCUT2D eigenvalue weighted by atomic mass is 9.49. The lowest BCUT2D eigenvalue weighted by molar-refractivity contribution is -0.164. The van der Waals surface area contributed by atoms with Crippen LogP contribution in [0.2, 0.25) is 0 Å². The number of nitrogens with one attached hydrogen (secondary N) is 1. The van der Waals surface area contributed by atoms with Crippen LogP contribution in [0.5, 0.6) is 5.75 Å². The number of aromatic nitrogens is 6. The summed E-state index contributed by atoms with van der Waals surface area (Å²) in [6, 6.07) is 9.55. The smallest absolute Gasteiger partial charge is 0.264 e. The molecule has 3 atom stereocenters. The van der Waals surface area contributed by atoms with Gasteiger partial charge in [-0.15, -0.1) is 0 Å². The van der Waals surface area contributed by atoms with E-state index in [0.29, 0.717) is 72.0 Å². The Morgan fingerprint density at radius 2 is 1.65 bits per heavy atom. The van der Waals surface area contributed by atoms with Crippen molar-refractivity contribution >= 4 is 29.3 Å². The maximum Gasteiger partial charge on any atom is 0.264 e. The molecular weight excluding hydrogens is 939 g/mol. The first kappa shape index (κ1) is 51.1. The molecule has 0 radical (unpaired) electrons. The van der Waals surface area contributed by atoms with Crippen LogP contribution in [0.15, 0.2) is 49.1 Å². The van der Waals surface area contributed by atoms with Crippen molar-refractivity contribution in [2.24, 2.45) is 35.6 Å². The van der Waals surface area contributed by atoms with Gasteiger partial charge in [-0.1, -0.05) is 41.5 Å². The van der Waals surface area contributed by atoms with Crippen molar-refractivity contribution in [2.75, 3.05) is 55.6 Å². The third-order valence-electron chi connectivity index (χ3n) is 17.6. The fourth-order valence-corrected chi connectivity index (χ4v) is 13.6. The Kier molecular flexibility index (Phi) is 13.6. The van der Waals surface area contributed by atoms with Crippen LogP contribution in [0.4, 0.5) is 26.2 Å². The Balaban J connectivity index is 0.769. The van der Waals surface area contributed by atoms with Gasteiger partial charge in [-0.2, -0.15) is 15.5 Å². The highest BCUT2D eigenvalue weighted by molar-refractivity contribution is 5.94. The summed E-state index contributed by atoms with van der Waals surface area (Å²) in [5.41, 5.74) is 7.34. The van der Waals surface area contributed by atoms with Gasteiger partial charge in [0.2, 0.25) is 11.9 Å². The van der Waals surface area contributed by atoms with Gasteiger partial charge in [0.1, 0.15) is 11.9 Å². The lowest BCUT2D eigenvalue weighted by Gasteiger charge is -2.63. The van der Waals surface area contributed by atoms with Crippen LogP contribution in [0, 0.1) is 53.8 Å². The second-order valence-corrected chi connectivity index (χ2v) is 23.3. The number of hydrogen-bond donors (Lipinski definition) is 1. The number of nitrogens with zero attached hydrogens (tertiary/aromatic N) is 11. The number of halogens is 2. The number of carbonyl (C=O) groups is 2. The van der Waals surface area contributed by atoms with E-state index in [2.05, 4.69) is 77.4 Å². The number of ether oxygens (including phenoxy) is 1. The number of rotatable bonds is 11. The van der Waals surface area contributed by atoms with Crippen molar-refractivity contribution in [3.8, 4) is 22.9 Å². The summed E-state index contributed by atoms with van der Waals surface area (Å²) in [6.07, 6.45) is 8.12. The third kappa shape index (κ3) is 9.19. The normalized spacial score (nSPS) is 23.7. The van der Waals surface area contributed by atoms with E-state index in [-0.39, 0.29) is 46.4 Å². The minimum Gasteiger partial charge on any atom is -0.489 e. The van der Waals surface area contributed by atoms with Crippen LogP contribution >= 0.6 is 0 Å². The molecule has 1 N–H and O–H groups in total. The van der Waals surface area contributed by atoms with Crippen molar-refractivity contribution in [1.29, 1.82) is 5.26 Å². The maximum absolute atomic E-state index is 14.8. The standard InChI is InChI=1S/C57H72F2N12O3/c1-33-28-69(55-61-25-40(26-62-55)52(73)64-53-56(6,7)54(57(53,8)9)74-49-14-13-39(24-60)35(3)36(49)4)29-34(2)45(33)31-67-19-15-42(16-20-67)71-47-17-21-68(37(5)72)32-46(47)51(65-71)70-18-11-12-38-22-43(41-27-63-66(10)30-41)44(50(58)59)23-48(38)70/h13-14,22-23,25-27,30,33-34,42,45,50,53-54H,11-12,15-21,28-29,31-32H2,1-10H3,(H,64,73)/t33-,34+,45?,53?,54?. The number of anilines is 3. The van der Waals surface area contributed by atoms with Gasteiger partial charge in [0.05, 0.1) is 36.0 Å². The third-order valence-corrected chi connectivity index (χ3v) is 17.6. The maximum atomic E-state index is 14.8. The fraction of sp³-hybridized carbons (Fsp3) is 0.561. The summed E-state index contributed by atoms with van der Waals surface area (Å²) in [6.45, 7) is 25.0. The summed E-state index contributed by atoms with van der Waals surface area (Å²) >= 11 is 0. The minimum absolute atomic E-state index is 0.0140. The average Bonchev–Trinajstić information content (AvgIpc) is 3.99. The van der Waals surface area contributed by atoms with E-state index in [4.69, 9.17) is 19.8 Å². The molecule has 2 amide bonds. The van der Waals surface area contributed by atoms with E-state index in [1.54, 1.807) is 55.6 Å².